The molecule has 2 heterocycles. The first-order valence-electron chi connectivity index (χ1n) is 9.36. The Labute approximate surface area is 154 Å². The summed E-state index contributed by atoms with van der Waals surface area (Å²) in [5.41, 5.74) is 1.84. The summed E-state index contributed by atoms with van der Waals surface area (Å²) in [5, 5.41) is 0. The van der Waals surface area contributed by atoms with Gasteiger partial charge >= 0.3 is 0 Å². The second-order valence-corrected chi connectivity index (χ2v) is 7.26. The molecule has 0 radical (unpaired) electrons. The van der Waals surface area contributed by atoms with Crippen molar-refractivity contribution in [1.29, 1.82) is 0 Å². The molecule has 0 aromatic heterocycles. The summed E-state index contributed by atoms with van der Waals surface area (Å²) in [6.07, 6.45) is 1.42. The number of rotatable bonds is 2. The highest BCUT2D eigenvalue weighted by Crippen LogP contribution is 2.22. The van der Waals surface area contributed by atoms with Crippen molar-refractivity contribution in [3.8, 4) is 0 Å². The highest BCUT2D eigenvalue weighted by atomic mass is 16.2. The maximum atomic E-state index is 12.7. The van der Waals surface area contributed by atoms with Crippen LogP contribution in [0.15, 0.2) is 24.3 Å². The van der Waals surface area contributed by atoms with Crippen LogP contribution in [0.25, 0.3) is 0 Å². The van der Waals surface area contributed by atoms with Crippen molar-refractivity contribution in [3.63, 3.8) is 0 Å². The number of carbonyl (C=O) groups excluding carboxylic acids is 3. The van der Waals surface area contributed by atoms with Gasteiger partial charge in [0.25, 0.3) is 5.91 Å². The van der Waals surface area contributed by atoms with Crippen LogP contribution in [-0.4, -0.2) is 71.7 Å². The SMILES string of the molecule is CC(=O)N1CCN(C(=O)C2CCN(C(=O)c3ccc(C)cc3)CC2)CC1. The molecule has 140 valence electrons. The van der Waals surface area contributed by atoms with Crippen LogP contribution >= 0.6 is 0 Å². The van der Waals surface area contributed by atoms with E-state index in [0.29, 0.717) is 57.7 Å². The average molecular weight is 357 g/mol. The molecule has 0 spiro atoms. The van der Waals surface area contributed by atoms with E-state index in [1.165, 1.54) is 0 Å². The number of piperidine rings is 1. The summed E-state index contributed by atoms with van der Waals surface area (Å²) < 4.78 is 0. The van der Waals surface area contributed by atoms with Gasteiger partial charge < -0.3 is 14.7 Å². The Bertz CT molecular complexity index is 670. The van der Waals surface area contributed by atoms with Crippen molar-refractivity contribution in [3.05, 3.63) is 35.4 Å². The van der Waals surface area contributed by atoms with Gasteiger partial charge in [-0.1, -0.05) is 17.7 Å². The lowest BCUT2D eigenvalue weighted by atomic mass is 9.94. The van der Waals surface area contributed by atoms with Gasteiger partial charge in [0, 0.05) is 57.7 Å². The van der Waals surface area contributed by atoms with Gasteiger partial charge in [-0.05, 0) is 31.9 Å². The molecule has 1 aromatic carbocycles. The third-order valence-corrected chi connectivity index (χ3v) is 5.47. The Morgan fingerprint density at radius 1 is 0.808 bits per heavy atom. The van der Waals surface area contributed by atoms with Crippen molar-refractivity contribution in [2.45, 2.75) is 26.7 Å². The molecule has 0 N–H and O–H groups in total. The fraction of sp³-hybridized carbons (Fsp3) is 0.550. The van der Waals surface area contributed by atoms with Crippen LogP contribution in [0.3, 0.4) is 0 Å². The van der Waals surface area contributed by atoms with Crippen LogP contribution in [0.2, 0.25) is 0 Å². The second-order valence-electron chi connectivity index (χ2n) is 7.26. The normalized spacial score (nSPS) is 18.8. The summed E-state index contributed by atoms with van der Waals surface area (Å²) >= 11 is 0. The molecule has 0 atom stereocenters. The number of likely N-dealkylation sites (tertiary alicyclic amines) is 1. The molecule has 6 heteroatoms. The zero-order chi connectivity index (χ0) is 18.7. The van der Waals surface area contributed by atoms with Crippen molar-refractivity contribution < 1.29 is 14.4 Å². The van der Waals surface area contributed by atoms with E-state index in [2.05, 4.69) is 0 Å². The molecule has 0 saturated carbocycles. The Morgan fingerprint density at radius 2 is 1.35 bits per heavy atom. The summed E-state index contributed by atoms with van der Waals surface area (Å²) in [7, 11) is 0. The number of carbonyl (C=O) groups is 3. The molecule has 0 aliphatic carbocycles. The number of nitrogens with zero attached hydrogens (tertiary/aromatic N) is 3. The molecule has 0 unspecified atom stereocenters. The lowest BCUT2D eigenvalue weighted by Crippen LogP contribution is -2.52. The van der Waals surface area contributed by atoms with E-state index in [-0.39, 0.29) is 23.6 Å². The van der Waals surface area contributed by atoms with Crippen molar-refractivity contribution in [1.82, 2.24) is 14.7 Å². The first kappa shape index (κ1) is 18.4. The number of aryl methyl sites for hydroxylation is 1. The fourth-order valence-corrected chi connectivity index (χ4v) is 3.71. The summed E-state index contributed by atoms with van der Waals surface area (Å²) in [5.74, 6) is 0.280. The van der Waals surface area contributed by atoms with Gasteiger partial charge in [0.2, 0.25) is 11.8 Å². The van der Waals surface area contributed by atoms with Crippen LogP contribution in [0, 0.1) is 12.8 Å². The van der Waals surface area contributed by atoms with E-state index < -0.39 is 0 Å². The number of hydrogen-bond donors (Lipinski definition) is 0. The molecule has 2 aliphatic heterocycles. The van der Waals surface area contributed by atoms with Crippen molar-refractivity contribution in [2.24, 2.45) is 5.92 Å². The molecule has 6 nitrogen and oxygen atoms in total. The molecular weight excluding hydrogens is 330 g/mol. The van der Waals surface area contributed by atoms with E-state index in [0.717, 1.165) is 5.56 Å². The highest BCUT2D eigenvalue weighted by Gasteiger charge is 2.32. The third-order valence-electron chi connectivity index (χ3n) is 5.47. The molecule has 3 amide bonds. The first-order valence-corrected chi connectivity index (χ1v) is 9.36. The fourth-order valence-electron chi connectivity index (χ4n) is 3.71. The molecule has 2 saturated heterocycles. The van der Waals surface area contributed by atoms with Gasteiger partial charge in [0.05, 0.1) is 0 Å². The maximum absolute atomic E-state index is 12.7. The van der Waals surface area contributed by atoms with Gasteiger partial charge in [0.1, 0.15) is 0 Å². The predicted octanol–water partition coefficient (Wildman–Crippen LogP) is 1.54. The molecule has 2 fully saturated rings. The minimum atomic E-state index is -0.0130. The van der Waals surface area contributed by atoms with E-state index in [1.54, 1.807) is 11.8 Å². The first-order chi connectivity index (χ1) is 12.5. The second kappa shape index (κ2) is 7.89. The van der Waals surface area contributed by atoms with Crippen LogP contribution in [0.5, 0.6) is 0 Å². The predicted molar refractivity (Wildman–Crippen MR) is 98.6 cm³/mol. The van der Waals surface area contributed by atoms with Crippen LogP contribution in [0.1, 0.15) is 35.7 Å². The van der Waals surface area contributed by atoms with Crippen LogP contribution < -0.4 is 0 Å². The largest absolute Gasteiger partial charge is 0.339 e. The summed E-state index contributed by atoms with van der Waals surface area (Å²) in [6, 6.07) is 7.63. The average Bonchev–Trinajstić information content (AvgIpc) is 2.67. The molecular formula is C20H27N3O3. The van der Waals surface area contributed by atoms with Crippen molar-refractivity contribution in [2.75, 3.05) is 39.3 Å². The van der Waals surface area contributed by atoms with E-state index in [9.17, 15) is 14.4 Å². The number of hydrogen-bond acceptors (Lipinski definition) is 3. The maximum Gasteiger partial charge on any atom is 0.253 e. The smallest absolute Gasteiger partial charge is 0.253 e. The molecule has 2 aliphatic rings. The minimum absolute atomic E-state index is 0.0130. The summed E-state index contributed by atoms with van der Waals surface area (Å²) in [4.78, 5) is 42.2. The standard InChI is InChI=1S/C20H27N3O3/c1-15-3-5-17(6-4-15)19(25)22-9-7-18(8-10-22)20(26)23-13-11-21(12-14-23)16(2)24/h3-6,18H,7-14H2,1-2H3. The monoisotopic (exact) mass is 357 g/mol. The topological polar surface area (TPSA) is 60.9 Å². The van der Waals surface area contributed by atoms with Crippen LogP contribution in [-0.2, 0) is 9.59 Å². The van der Waals surface area contributed by atoms with E-state index >= 15 is 0 Å². The summed E-state index contributed by atoms with van der Waals surface area (Å²) in [6.45, 7) is 7.27. The van der Waals surface area contributed by atoms with Gasteiger partial charge in [-0.2, -0.15) is 0 Å². The Balaban J connectivity index is 1.50. The van der Waals surface area contributed by atoms with Gasteiger partial charge in [-0.25, -0.2) is 0 Å². The Kier molecular flexibility index (Phi) is 5.59. The van der Waals surface area contributed by atoms with Gasteiger partial charge in [-0.15, -0.1) is 0 Å². The number of amides is 3. The molecule has 3 rings (SSSR count). The van der Waals surface area contributed by atoms with Crippen LogP contribution in [0.4, 0.5) is 0 Å². The van der Waals surface area contributed by atoms with Gasteiger partial charge in [0.15, 0.2) is 0 Å². The highest BCUT2D eigenvalue weighted by molar-refractivity contribution is 5.94. The Hall–Kier alpha value is -2.37. The lowest BCUT2D eigenvalue weighted by Gasteiger charge is -2.38. The third kappa shape index (κ3) is 4.06. The van der Waals surface area contributed by atoms with E-state index in [4.69, 9.17) is 0 Å². The molecule has 1 aromatic rings. The number of piperazine rings is 1. The van der Waals surface area contributed by atoms with Crippen molar-refractivity contribution >= 4 is 17.7 Å². The quantitative estimate of drug-likeness (QED) is 0.807. The Morgan fingerprint density at radius 3 is 1.88 bits per heavy atom. The van der Waals surface area contributed by atoms with E-state index in [1.807, 2.05) is 41.0 Å². The zero-order valence-electron chi connectivity index (χ0n) is 15.6. The minimum Gasteiger partial charge on any atom is -0.339 e. The number of benzene rings is 1. The van der Waals surface area contributed by atoms with Gasteiger partial charge in [-0.3, -0.25) is 14.4 Å². The lowest BCUT2D eigenvalue weighted by molar-refractivity contribution is -0.142. The zero-order valence-corrected chi connectivity index (χ0v) is 15.6. The molecule has 0 bridgehead atoms. The molecule has 26 heavy (non-hydrogen) atoms.